The Morgan fingerprint density at radius 2 is 2.07 bits per heavy atom. The summed E-state index contributed by atoms with van der Waals surface area (Å²) in [6.07, 6.45) is -4.12. The van der Waals surface area contributed by atoms with Gasteiger partial charge in [-0.3, -0.25) is 4.79 Å². The molecule has 28 heavy (non-hydrogen) atoms. The van der Waals surface area contributed by atoms with Gasteiger partial charge in [0.25, 0.3) is 5.91 Å². The predicted octanol–water partition coefficient (Wildman–Crippen LogP) is 5.38. The van der Waals surface area contributed by atoms with E-state index >= 15 is 0 Å². The van der Waals surface area contributed by atoms with Crippen LogP contribution < -0.4 is 10.6 Å². The smallest absolute Gasteiger partial charge is 0.363 e. The van der Waals surface area contributed by atoms with Gasteiger partial charge in [0.2, 0.25) is 0 Å². The van der Waals surface area contributed by atoms with E-state index in [0.717, 1.165) is 4.68 Å². The van der Waals surface area contributed by atoms with Crippen LogP contribution in [-0.2, 0) is 0 Å². The summed E-state index contributed by atoms with van der Waals surface area (Å²) in [5.74, 6) is -0.385. The summed E-state index contributed by atoms with van der Waals surface area (Å²) in [4.78, 5) is 12.3. The Labute approximate surface area is 170 Å². The number of alkyl halides is 3. The summed E-state index contributed by atoms with van der Waals surface area (Å²) >= 11 is 11.9. The molecule has 0 aliphatic carbocycles. The Kier molecular flexibility index (Phi) is 5.82. The number of anilines is 1. The molecule has 0 unspecified atom stereocenters. The molecular formula is C18H19Cl2F3N4O. The van der Waals surface area contributed by atoms with Gasteiger partial charge >= 0.3 is 6.18 Å². The zero-order valence-electron chi connectivity index (χ0n) is 15.1. The maximum absolute atomic E-state index is 13.7. The van der Waals surface area contributed by atoms with Gasteiger partial charge < -0.3 is 10.6 Å². The number of carbonyl (C=O) groups excluding carboxylic acids is 1. The minimum absolute atomic E-state index is 0.0631. The molecule has 0 fully saturated rings. The molecule has 0 saturated heterocycles. The highest BCUT2D eigenvalue weighted by atomic mass is 35.5. The fourth-order valence-corrected chi connectivity index (χ4v) is 3.34. The van der Waals surface area contributed by atoms with Gasteiger partial charge in [-0.2, -0.15) is 18.3 Å². The molecule has 3 atom stereocenters. The van der Waals surface area contributed by atoms with Crippen molar-refractivity contribution in [3.8, 4) is 0 Å². The molecule has 0 radical (unpaired) electrons. The molecule has 5 nitrogen and oxygen atoms in total. The van der Waals surface area contributed by atoms with E-state index in [0.29, 0.717) is 17.0 Å². The van der Waals surface area contributed by atoms with E-state index in [-0.39, 0.29) is 29.0 Å². The molecule has 1 amide bonds. The zero-order chi connectivity index (χ0) is 20.6. The number of amides is 1. The van der Waals surface area contributed by atoms with Crippen LogP contribution in [0, 0.1) is 0 Å². The van der Waals surface area contributed by atoms with Crippen LogP contribution in [0.25, 0.3) is 0 Å². The first kappa shape index (κ1) is 20.8. The number of hydrogen-bond acceptors (Lipinski definition) is 3. The monoisotopic (exact) mass is 434 g/mol. The molecule has 0 saturated carbocycles. The molecule has 0 spiro atoms. The first-order valence-corrected chi connectivity index (χ1v) is 9.54. The van der Waals surface area contributed by atoms with E-state index in [9.17, 15) is 18.0 Å². The van der Waals surface area contributed by atoms with Crippen molar-refractivity contribution >= 4 is 34.9 Å². The van der Waals surface area contributed by atoms with Crippen molar-refractivity contribution in [3.63, 3.8) is 0 Å². The lowest BCUT2D eigenvalue weighted by atomic mass is 9.97. The van der Waals surface area contributed by atoms with Crippen LogP contribution >= 0.6 is 23.2 Å². The van der Waals surface area contributed by atoms with Crippen LogP contribution in [0.3, 0.4) is 0 Å². The second kappa shape index (κ2) is 7.83. The van der Waals surface area contributed by atoms with Crippen molar-refractivity contribution in [2.75, 3.05) is 5.32 Å². The number of nitrogens with one attached hydrogen (secondary N) is 2. The molecule has 1 aromatic heterocycles. The van der Waals surface area contributed by atoms with E-state index in [1.807, 2.05) is 13.8 Å². The maximum atomic E-state index is 13.7. The lowest BCUT2D eigenvalue weighted by molar-refractivity contribution is -0.173. The largest absolute Gasteiger partial charge is 0.410 e. The second-order valence-electron chi connectivity index (χ2n) is 6.81. The lowest BCUT2D eigenvalue weighted by Crippen LogP contribution is -2.36. The summed E-state index contributed by atoms with van der Waals surface area (Å²) in [6.45, 7) is 3.71. The third kappa shape index (κ3) is 4.22. The quantitative estimate of drug-likeness (QED) is 0.678. The first-order chi connectivity index (χ1) is 13.1. The molecule has 1 aliphatic heterocycles. The van der Waals surface area contributed by atoms with Gasteiger partial charge in [0, 0.05) is 18.5 Å². The van der Waals surface area contributed by atoms with Gasteiger partial charge in [-0.15, -0.1) is 0 Å². The number of halogens is 5. The topological polar surface area (TPSA) is 59.0 Å². The van der Waals surface area contributed by atoms with Crippen LogP contribution in [0.4, 0.5) is 19.0 Å². The van der Waals surface area contributed by atoms with Gasteiger partial charge in [-0.25, -0.2) is 4.68 Å². The summed E-state index contributed by atoms with van der Waals surface area (Å²) in [5, 5.41) is 10.2. The summed E-state index contributed by atoms with van der Waals surface area (Å²) < 4.78 is 41.9. The number of hydrogen-bond donors (Lipinski definition) is 2. The molecule has 2 N–H and O–H groups in total. The van der Waals surface area contributed by atoms with Gasteiger partial charge in [-0.1, -0.05) is 36.2 Å². The minimum Gasteiger partial charge on any atom is -0.363 e. The van der Waals surface area contributed by atoms with E-state index in [1.165, 1.54) is 12.1 Å². The van der Waals surface area contributed by atoms with Crippen LogP contribution in [0.1, 0.15) is 54.8 Å². The van der Waals surface area contributed by atoms with Gasteiger partial charge in [-0.05, 0) is 31.0 Å². The van der Waals surface area contributed by atoms with Crippen molar-refractivity contribution < 1.29 is 18.0 Å². The highest BCUT2D eigenvalue weighted by molar-refractivity contribution is 6.42. The standard InChI is InChI=1S/C18H19Cl2F3N4O/c1-3-9(2)24-17(28)14-8-16-25-13(10-4-5-11(19)12(20)6-10)7-15(18(21,22)23)27(16)26-14/h4-6,8-9,13,15,25H,3,7H2,1-2H3,(H,24,28)/t9-,13-,15+/m0/s1. The van der Waals surface area contributed by atoms with Crippen molar-refractivity contribution in [1.29, 1.82) is 0 Å². The SMILES string of the molecule is CC[C@H](C)NC(=O)c1cc2n(n1)[C@@H](C(F)(F)F)C[C@@H](c1ccc(Cl)c(Cl)c1)N2. The average Bonchev–Trinajstić information content (AvgIpc) is 3.06. The van der Waals surface area contributed by atoms with Gasteiger partial charge in [0.15, 0.2) is 11.7 Å². The normalized spacial score (nSPS) is 20.2. The van der Waals surface area contributed by atoms with Crippen molar-refractivity contribution in [2.24, 2.45) is 0 Å². The maximum Gasteiger partial charge on any atom is 0.410 e. The third-order valence-electron chi connectivity index (χ3n) is 4.76. The highest BCUT2D eigenvalue weighted by Crippen LogP contribution is 2.44. The predicted molar refractivity (Wildman–Crippen MR) is 102 cm³/mol. The highest BCUT2D eigenvalue weighted by Gasteiger charge is 2.46. The molecule has 3 rings (SSSR count). The van der Waals surface area contributed by atoms with Gasteiger partial charge in [0.1, 0.15) is 5.82 Å². The zero-order valence-corrected chi connectivity index (χ0v) is 16.7. The Bertz CT molecular complexity index is 884. The summed E-state index contributed by atoms with van der Waals surface area (Å²) in [7, 11) is 0. The Hall–Kier alpha value is -1.93. The molecule has 2 heterocycles. The van der Waals surface area contributed by atoms with Gasteiger partial charge in [0.05, 0.1) is 16.1 Å². The van der Waals surface area contributed by atoms with Crippen molar-refractivity contribution in [1.82, 2.24) is 15.1 Å². The fourth-order valence-electron chi connectivity index (χ4n) is 3.03. The molecule has 2 aromatic rings. The Balaban J connectivity index is 1.95. The summed E-state index contributed by atoms with van der Waals surface area (Å²) in [6, 6.07) is 3.41. The molecule has 0 bridgehead atoms. The molecular weight excluding hydrogens is 416 g/mol. The number of aromatic nitrogens is 2. The van der Waals surface area contributed by atoms with Crippen LogP contribution in [0.5, 0.6) is 0 Å². The average molecular weight is 435 g/mol. The number of rotatable bonds is 4. The van der Waals surface area contributed by atoms with E-state index in [1.54, 1.807) is 12.1 Å². The third-order valence-corrected chi connectivity index (χ3v) is 5.50. The molecule has 152 valence electrons. The number of fused-ring (bicyclic) bond motifs is 1. The van der Waals surface area contributed by atoms with E-state index in [2.05, 4.69) is 15.7 Å². The fraction of sp³-hybridized carbons (Fsp3) is 0.444. The molecule has 10 heteroatoms. The number of nitrogens with zero attached hydrogens (tertiary/aromatic N) is 2. The van der Waals surface area contributed by atoms with Crippen LogP contribution in [-0.4, -0.2) is 27.9 Å². The second-order valence-corrected chi connectivity index (χ2v) is 7.62. The molecule has 1 aliphatic rings. The number of carbonyl (C=O) groups is 1. The molecule has 1 aromatic carbocycles. The lowest BCUT2D eigenvalue weighted by Gasteiger charge is -2.33. The minimum atomic E-state index is -4.53. The summed E-state index contributed by atoms with van der Waals surface area (Å²) in [5.41, 5.74) is 0.508. The van der Waals surface area contributed by atoms with Crippen LogP contribution in [0.2, 0.25) is 10.0 Å². The number of benzene rings is 1. The Morgan fingerprint density at radius 3 is 2.68 bits per heavy atom. The van der Waals surface area contributed by atoms with E-state index in [4.69, 9.17) is 23.2 Å². The van der Waals surface area contributed by atoms with Crippen molar-refractivity contribution in [2.45, 2.75) is 51.0 Å². The Morgan fingerprint density at radius 1 is 1.36 bits per heavy atom. The van der Waals surface area contributed by atoms with Crippen LogP contribution in [0.15, 0.2) is 24.3 Å². The van der Waals surface area contributed by atoms with E-state index < -0.39 is 24.2 Å². The first-order valence-electron chi connectivity index (χ1n) is 8.78. The van der Waals surface area contributed by atoms with Crippen molar-refractivity contribution in [3.05, 3.63) is 45.6 Å².